The van der Waals surface area contributed by atoms with Crippen molar-refractivity contribution in [2.75, 3.05) is 13.1 Å². The quantitative estimate of drug-likeness (QED) is 0.540. The highest BCUT2D eigenvalue weighted by atomic mass is 35.5. The van der Waals surface area contributed by atoms with Crippen LogP contribution < -0.4 is 0 Å². The maximum Gasteiger partial charge on any atom is 0.271 e. The van der Waals surface area contributed by atoms with Crippen molar-refractivity contribution in [1.82, 2.24) is 9.88 Å². The average Bonchev–Trinajstić information content (AvgIpc) is 2.99. The Kier molecular flexibility index (Phi) is 5.44. The Labute approximate surface area is 175 Å². The van der Waals surface area contributed by atoms with Crippen LogP contribution in [0.25, 0.3) is 10.9 Å². The van der Waals surface area contributed by atoms with E-state index in [-0.39, 0.29) is 5.91 Å². The fraction of sp³-hybridized carbons (Fsp3) is 0.348. The first kappa shape index (κ1) is 19.4. The molecule has 0 radical (unpaired) electrons. The number of aromatic amines is 1. The highest BCUT2D eigenvalue weighted by Gasteiger charge is 2.29. The van der Waals surface area contributed by atoms with Crippen LogP contribution in [-0.4, -0.2) is 28.9 Å². The van der Waals surface area contributed by atoms with Crippen molar-refractivity contribution in [3.8, 4) is 0 Å². The van der Waals surface area contributed by atoms with Crippen LogP contribution in [0.3, 0.4) is 0 Å². The van der Waals surface area contributed by atoms with Gasteiger partial charge in [0.05, 0.1) is 4.90 Å². The highest BCUT2D eigenvalue weighted by Crippen LogP contribution is 2.38. The maximum atomic E-state index is 13.5. The van der Waals surface area contributed by atoms with Crippen LogP contribution in [0.15, 0.2) is 52.3 Å². The Morgan fingerprint density at radius 2 is 1.79 bits per heavy atom. The van der Waals surface area contributed by atoms with Crippen LogP contribution >= 0.6 is 23.4 Å². The van der Waals surface area contributed by atoms with E-state index in [0.29, 0.717) is 22.6 Å². The van der Waals surface area contributed by atoms with Gasteiger partial charge in [0.2, 0.25) is 0 Å². The third-order valence-corrected chi connectivity index (χ3v) is 6.70. The lowest BCUT2D eigenvalue weighted by Crippen LogP contribution is -2.42. The summed E-state index contributed by atoms with van der Waals surface area (Å²) >= 11 is 7.66. The van der Waals surface area contributed by atoms with Gasteiger partial charge in [-0.3, -0.25) is 4.79 Å². The predicted molar refractivity (Wildman–Crippen MR) is 117 cm³/mol. The molecule has 0 bridgehead atoms. The summed E-state index contributed by atoms with van der Waals surface area (Å²) in [6, 6.07) is 14.1. The number of hydrogen-bond donors (Lipinski definition) is 1. The summed E-state index contributed by atoms with van der Waals surface area (Å²) in [6.07, 6.45) is 1.18. The van der Waals surface area contributed by atoms with E-state index in [2.05, 4.69) is 44.0 Å². The molecule has 0 aliphatic carbocycles. The summed E-state index contributed by atoms with van der Waals surface area (Å²) in [6.45, 7) is 8.18. The van der Waals surface area contributed by atoms with Crippen LogP contribution in [0.5, 0.6) is 0 Å². The van der Waals surface area contributed by atoms with Crippen LogP contribution in [0.2, 0.25) is 5.02 Å². The zero-order chi connectivity index (χ0) is 19.8. The predicted octanol–water partition coefficient (Wildman–Crippen LogP) is 6.40. The first-order valence-corrected chi connectivity index (χ1v) is 10.9. The second-order valence-corrected chi connectivity index (χ2v) is 9.61. The normalized spacial score (nSPS) is 19.9. The van der Waals surface area contributed by atoms with Gasteiger partial charge in [-0.05, 0) is 61.1 Å². The first-order valence-electron chi connectivity index (χ1n) is 9.75. The van der Waals surface area contributed by atoms with E-state index < -0.39 is 0 Å². The number of carbonyl (C=O) groups is 1. The number of halogens is 1. The van der Waals surface area contributed by atoms with Crippen LogP contribution in [0, 0.1) is 18.8 Å². The molecule has 3 aromatic rings. The lowest BCUT2D eigenvalue weighted by Gasteiger charge is -2.34. The zero-order valence-electron chi connectivity index (χ0n) is 16.5. The van der Waals surface area contributed by atoms with Crippen molar-refractivity contribution in [2.24, 2.45) is 11.8 Å². The Balaban J connectivity index is 1.76. The lowest BCUT2D eigenvalue weighted by molar-refractivity contribution is 0.0614. The van der Waals surface area contributed by atoms with Gasteiger partial charge in [0.1, 0.15) is 5.69 Å². The van der Waals surface area contributed by atoms with Crippen molar-refractivity contribution >= 4 is 40.2 Å². The molecule has 1 amide bonds. The van der Waals surface area contributed by atoms with Gasteiger partial charge in [-0.15, -0.1) is 0 Å². The molecule has 28 heavy (non-hydrogen) atoms. The largest absolute Gasteiger partial charge is 0.350 e. The van der Waals surface area contributed by atoms with Crippen molar-refractivity contribution in [1.29, 1.82) is 0 Å². The molecule has 146 valence electrons. The van der Waals surface area contributed by atoms with Gasteiger partial charge in [-0.2, -0.15) is 0 Å². The molecule has 1 fully saturated rings. The van der Waals surface area contributed by atoms with E-state index in [0.717, 1.165) is 33.8 Å². The van der Waals surface area contributed by atoms with Gasteiger partial charge in [-0.25, -0.2) is 0 Å². The fourth-order valence-corrected chi connectivity index (χ4v) is 5.31. The van der Waals surface area contributed by atoms with E-state index in [4.69, 9.17) is 11.6 Å². The van der Waals surface area contributed by atoms with Crippen molar-refractivity contribution in [2.45, 2.75) is 37.0 Å². The molecule has 3 nitrogen and oxygen atoms in total. The van der Waals surface area contributed by atoms with Gasteiger partial charge in [-0.1, -0.05) is 49.3 Å². The number of H-pyrrole nitrogens is 1. The molecule has 5 heteroatoms. The number of nitrogens with zero attached hydrogens (tertiary/aromatic N) is 1. The molecule has 0 saturated carbocycles. The maximum absolute atomic E-state index is 13.5. The van der Waals surface area contributed by atoms with Gasteiger partial charge < -0.3 is 9.88 Å². The number of aromatic nitrogens is 1. The second kappa shape index (κ2) is 7.84. The van der Waals surface area contributed by atoms with Gasteiger partial charge >= 0.3 is 0 Å². The second-order valence-electron chi connectivity index (χ2n) is 8.09. The topological polar surface area (TPSA) is 36.1 Å². The summed E-state index contributed by atoms with van der Waals surface area (Å²) < 4.78 is 0. The number of nitrogens with one attached hydrogen (secondary N) is 1. The average molecular weight is 413 g/mol. The molecule has 2 aromatic carbocycles. The van der Waals surface area contributed by atoms with Gasteiger partial charge in [0.15, 0.2) is 0 Å². The smallest absolute Gasteiger partial charge is 0.271 e. The number of fused-ring (bicyclic) bond motifs is 1. The van der Waals surface area contributed by atoms with Crippen molar-refractivity contribution in [3.05, 3.63) is 58.7 Å². The number of piperidine rings is 1. The van der Waals surface area contributed by atoms with Crippen molar-refractivity contribution in [3.63, 3.8) is 0 Å². The molecular formula is C23H25ClN2OS. The third-order valence-electron chi connectivity index (χ3n) is 5.31. The summed E-state index contributed by atoms with van der Waals surface area (Å²) in [7, 11) is 0. The first-order chi connectivity index (χ1) is 13.4. The number of rotatable bonds is 3. The number of hydrogen-bond acceptors (Lipinski definition) is 2. The highest BCUT2D eigenvalue weighted by molar-refractivity contribution is 7.99. The molecule has 1 aromatic heterocycles. The molecule has 1 N–H and O–H groups in total. The minimum atomic E-state index is 0.101. The molecule has 2 atom stereocenters. The van der Waals surface area contributed by atoms with E-state index in [1.54, 1.807) is 11.8 Å². The molecule has 1 aliphatic rings. The molecule has 2 heterocycles. The zero-order valence-corrected chi connectivity index (χ0v) is 18.0. The Hall–Kier alpha value is -1.91. The number of aryl methyl sites for hydroxylation is 1. The van der Waals surface area contributed by atoms with E-state index in [1.165, 1.54) is 12.0 Å². The lowest BCUT2D eigenvalue weighted by atomic mass is 9.92. The van der Waals surface area contributed by atoms with Gasteiger partial charge in [0.25, 0.3) is 5.91 Å². The molecule has 1 aliphatic heterocycles. The number of likely N-dealkylation sites (tertiary alicyclic amines) is 1. The summed E-state index contributed by atoms with van der Waals surface area (Å²) in [4.78, 5) is 21.0. The van der Waals surface area contributed by atoms with Gasteiger partial charge in [0, 0.05) is 33.9 Å². The summed E-state index contributed by atoms with van der Waals surface area (Å²) in [5.41, 5.74) is 2.88. The van der Waals surface area contributed by atoms with Crippen molar-refractivity contribution < 1.29 is 4.79 Å². The molecular weight excluding hydrogens is 388 g/mol. The molecule has 0 spiro atoms. The number of carbonyl (C=O) groups excluding carboxylic acids is 1. The summed E-state index contributed by atoms with van der Waals surface area (Å²) in [5, 5.41) is 1.80. The minimum absolute atomic E-state index is 0.101. The monoisotopic (exact) mass is 412 g/mol. The standard InChI is InChI=1S/C23H25ClN2OS/c1-14-4-9-19-20(11-14)25-21(22(19)28-18-7-5-17(24)6-8-18)23(27)26-12-15(2)10-16(3)13-26/h4-9,11,15-16,25H,10,12-13H2,1-3H3. The molecule has 2 unspecified atom stereocenters. The third kappa shape index (κ3) is 3.94. The van der Waals surface area contributed by atoms with Crippen LogP contribution in [0.1, 0.15) is 36.3 Å². The minimum Gasteiger partial charge on any atom is -0.350 e. The van der Waals surface area contributed by atoms with E-state index in [1.807, 2.05) is 29.2 Å². The Bertz CT molecular complexity index is 1000. The Morgan fingerprint density at radius 1 is 1.11 bits per heavy atom. The molecule has 4 rings (SSSR count). The number of benzene rings is 2. The van der Waals surface area contributed by atoms with Crippen LogP contribution in [-0.2, 0) is 0 Å². The Morgan fingerprint density at radius 3 is 2.46 bits per heavy atom. The van der Waals surface area contributed by atoms with Crippen LogP contribution in [0.4, 0.5) is 0 Å². The fourth-order valence-electron chi connectivity index (χ4n) is 4.15. The van der Waals surface area contributed by atoms with E-state index in [9.17, 15) is 4.79 Å². The SMILES string of the molecule is Cc1ccc2c(Sc3ccc(Cl)cc3)c(C(=O)N3CC(C)CC(C)C3)[nH]c2c1. The van der Waals surface area contributed by atoms with E-state index >= 15 is 0 Å². The summed E-state index contributed by atoms with van der Waals surface area (Å²) in [5.74, 6) is 1.17. The number of amides is 1. The molecule has 1 saturated heterocycles.